The van der Waals surface area contributed by atoms with E-state index in [0.717, 1.165) is 32.4 Å². The second-order valence-electron chi connectivity index (χ2n) is 6.77. The Morgan fingerprint density at radius 2 is 2.09 bits per heavy atom. The molecule has 128 valence electrons. The Balaban J connectivity index is 1.44. The summed E-state index contributed by atoms with van der Waals surface area (Å²) in [4.78, 5) is 2.27. The van der Waals surface area contributed by atoms with Crippen LogP contribution in [0.2, 0.25) is 0 Å². The van der Waals surface area contributed by atoms with Gasteiger partial charge in [0.25, 0.3) is 0 Å². The van der Waals surface area contributed by atoms with Gasteiger partial charge in [0.15, 0.2) is 9.84 Å². The summed E-state index contributed by atoms with van der Waals surface area (Å²) in [5, 5.41) is 13.5. The van der Waals surface area contributed by atoms with Crippen LogP contribution in [0.25, 0.3) is 0 Å². The van der Waals surface area contributed by atoms with E-state index in [9.17, 15) is 13.5 Å². The van der Waals surface area contributed by atoms with E-state index in [4.69, 9.17) is 0 Å². The number of aliphatic hydroxyl groups is 1. The van der Waals surface area contributed by atoms with Gasteiger partial charge in [-0.1, -0.05) is 24.3 Å². The second kappa shape index (κ2) is 7.30. The van der Waals surface area contributed by atoms with Gasteiger partial charge in [-0.2, -0.15) is 0 Å². The third-order valence-electron chi connectivity index (χ3n) is 4.78. The Morgan fingerprint density at radius 1 is 1.30 bits per heavy atom. The lowest BCUT2D eigenvalue weighted by Crippen LogP contribution is -2.46. The molecule has 2 atom stereocenters. The van der Waals surface area contributed by atoms with E-state index in [1.165, 1.54) is 11.1 Å². The first-order valence-electron chi connectivity index (χ1n) is 8.43. The summed E-state index contributed by atoms with van der Waals surface area (Å²) >= 11 is 0. The molecule has 0 amide bonds. The van der Waals surface area contributed by atoms with Gasteiger partial charge in [0.1, 0.15) is 0 Å². The Kier molecular flexibility index (Phi) is 5.36. The lowest BCUT2D eigenvalue weighted by atomic mass is 10.00. The average Bonchev–Trinajstić information content (AvgIpc) is 2.52. The number of β-amino-alcohol motifs (C(OH)–C–C–N with tert-alkyl or cyclic N) is 1. The van der Waals surface area contributed by atoms with E-state index in [-0.39, 0.29) is 11.8 Å². The van der Waals surface area contributed by atoms with Crippen LogP contribution in [-0.4, -0.2) is 61.7 Å². The maximum atomic E-state index is 11.6. The van der Waals surface area contributed by atoms with Gasteiger partial charge in [-0.25, -0.2) is 8.42 Å². The van der Waals surface area contributed by atoms with Crippen molar-refractivity contribution >= 4 is 9.84 Å². The van der Waals surface area contributed by atoms with E-state index < -0.39 is 15.9 Å². The molecule has 0 bridgehead atoms. The summed E-state index contributed by atoms with van der Waals surface area (Å²) in [7, 11) is -2.90. The van der Waals surface area contributed by atoms with Gasteiger partial charge in [-0.15, -0.1) is 0 Å². The zero-order valence-corrected chi connectivity index (χ0v) is 14.3. The van der Waals surface area contributed by atoms with Gasteiger partial charge in [-0.3, -0.25) is 4.90 Å². The highest BCUT2D eigenvalue weighted by Crippen LogP contribution is 2.18. The minimum absolute atomic E-state index is 0.00881. The van der Waals surface area contributed by atoms with Gasteiger partial charge in [0, 0.05) is 32.2 Å². The summed E-state index contributed by atoms with van der Waals surface area (Å²) in [5.41, 5.74) is 2.75. The molecule has 0 aromatic heterocycles. The van der Waals surface area contributed by atoms with Crippen molar-refractivity contribution in [2.75, 3.05) is 31.1 Å². The van der Waals surface area contributed by atoms with Crippen molar-refractivity contribution in [3.05, 3.63) is 35.4 Å². The number of hydrogen-bond donors (Lipinski definition) is 2. The predicted octanol–water partition coefficient (Wildman–Crippen LogP) is 0.572. The van der Waals surface area contributed by atoms with Gasteiger partial charge >= 0.3 is 0 Å². The summed E-state index contributed by atoms with van der Waals surface area (Å²) in [6.45, 7) is 2.93. The Morgan fingerprint density at radius 3 is 2.87 bits per heavy atom. The fourth-order valence-corrected chi connectivity index (χ4v) is 5.23. The van der Waals surface area contributed by atoms with Crippen LogP contribution in [0, 0.1) is 0 Å². The third-order valence-corrected chi connectivity index (χ3v) is 6.60. The van der Waals surface area contributed by atoms with Gasteiger partial charge in [0.05, 0.1) is 17.6 Å². The monoisotopic (exact) mass is 338 g/mol. The van der Waals surface area contributed by atoms with Crippen molar-refractivity contribution in [2.24, 2.45) is 0 Å². The fraction of sp³-hybridized carbons (Fsp3) is 0.647. The quantitative estimate of drug-likeness (QED) is 0.822. The summed E-state index contributed by atoms with van der Waals surface area (Å²) in [6.07, 6.45) is 2.16. The molecule has 2 aliphatic heterocycles. The van der Waals surface area contributed by atoms with Crippen LogP contribution in [0.4, 0.5) is 0 Å². The summed E-state index contributed by atoms with van der Waals surface area (Å²) in [6, 6.07) is 8.45. The molecule has 2 N–H and O–H groups in total. The SMILES string of the molecule is O=S1(=O)CCCC(NCC(O)CN2CCc3ccccc3C2)C1. The first kappa shape index (κ1) is 16.9. The van der Waals surface area contributed by atoms with Crippen LogP contribution in [0.5, 0.6) is 0 Å². The molecular weight excluding hydrogens is 312 g/mol. The number of hydrogen-bond acceptors (Lipinski definition) is 5. The third kappa shape index (κ3) is 4.76. The molecule has 6 heteroatoms. The van der Waals surface area contributed by atoms with Crippen LogP contribution >= 0.6 is 0 Å². The van der Waals surface area contributed by atoms with Crippen molar-refractivity contribution < 1.29 is 13.5 Å². The average molecular weight is 338 g/mol. The molecule has 5 nitrogen and oxygen atoms in total. The van der Waals surface area contributed by atoms with Crippen LogP contribution in [-0.2, 0) is 22.8 Å². The highest BCUT2D eigenvalue weighted by Gasteiger charge is 2.25. The number of sulfone groups is 1. The molecule has 0 spiro atoms. The first-order chi connectivity index (χ1) is 11.0. The van der Waals surface area contributed by atoms with Gasteiger partial charge in [-0.05, 0) is 30.4 Å². The first-order valence-corrected chi connectivity index (χ1v) is 10.2. The topological polar surface area (TPSA) is 69.6 Å². The predicted molar refractivity (Wildman–Crippen MR) is 91.1 cm³/mol. The highest BCUT2D eigenvalue weighted by atomic mass is 32.2. The van der Waals surface area contributed by atoms with Crippen LogP contribution in [0.15, 0.2) is 24.3 Å². The number of aliphatic hydroxyl groups excluding tert-OH is 1. The molecule has 2 unspecified atom stereocenters. The summed E-state index contributed by atoms with van der Waals surface area (Å²) in [5.74, 6) is 0.512. The van der Waals surface area contributed by atoms with Crippen LogP contribution < -0.4 is 5.32 Å². The standard InChI is InChI=1S/C17H26N2O3S/c20-17(10-18-16-6-3-9-23(21,22)13-16)12-19-8-7-14-4-1-2-5-15(14)11-19/h1-2,4-5,16-18,20H,3,6-13H2. The van der Waals surface area contributed by atoms with Crippen molar-refractivity contribution in [2.45, 2.75) is 38.0 Å². The number of fused-ring (bicyclic) bond motifs is 1. The molecule has 3 rings (SSSR count). The Bertz CT molecular complexity index is 632. The molecule has 1 saturated heterocycles. The van der Waals surface area contributed by atoms with E-state index in [0.29, 0.717) is 18.8 Å². The smallest absolute Gasteiger partial charge is 0.151 e. The van der Waals surface area contributed by atoms with E-state index in [2.05, 4.69) is 34.5 Å². The van der Waals surface area contributed by atoms with Crippen molar-refractivity contribution in [1.29, 1.82) is 0 Å². The number of nitrogens with zero attached hydrogens (tertiary/aromatic N) is 1. The number of rotatable bonds is 5. The Labute approximate surface area is 138 Å². The molecular formula is C17H26N2O3S. The molecule has 1 aromatic rings. The maximum Gasteiger partial charge on any atom is 0.151 e. The van der Waals surface area contributed by atoms with Crippen molar-refractivity contribution in [3.63, 3.8) is 0 Å². The van der Waals surface area contributed by atoms with Gasteiger partial charge < -0.3 is 10.4 Å². The lowest BCUT2D eigenvalue weighted by Gasteiger charge is -2.31. The van der Waals surface area contributed by atoms with Crippen LogP contribution in [0.1, 0.15) is 24.0 Å². The minimum atomic E-state index is -2.90. The van der Waals surface area contributed by atoms with E-state index in [1.807, 2.05) is 0 Å². The molecule has 23 heavy (non-hydrogen) atoms. The molecule has 0 saturated carbocycles. The number of nitrogens with one attached hydrogen (secondary N) is 1. The molecule has 1 aromatic carbocycles. The minimum Gasteiger partial charge on any atom is -0.390 e. The normalized spacial score (nSPS) is 25.7. The Hall–Kier alpha value is -0.950. The lowest BCUT2D eigenvalue weighted by molar-refractivity contribution is 0.102. The van der Waals surface area contributed by atoms with Gasteiger partial charge in [0.2, 0.25) is 0 Å². The largest absolute Gasteiger partial charge is 0.390 e. The fourth-order valence-electron chi connectivity index (χ4n) is 3.56. The zero-order valence-electron chi connectivity index (χ0n) is 13.4. The second-order valence-corrected chi connectivity index (χ2v) is 9.00. The molecule has 2 heterocycles. The molecule has 0 aliphatic carbocycles. The molecule has 2 aliphatic rings. The van der Waals surface area contributed by atoms with Crippen molar-refractivity contribution in [1.82, 2.24) is 10.2 Å². The van der Waals surface area contributed by atoms with Crippen molar-refractivity contribution in [3.8, 4) is 0 Å². The maximum absolute atomic E-state index is 11.6. The van der Waals surface area contributed by atoms with Crippen LogP contribution in [0.3, 0.4) is 0 Å². The zero-order chi connectivity index (χ0) is 16.3. The van der Waals surface area contributed by atoms with E-state index >= 15 is 0 Å². The summed E-state index contributed by atoms with van der Waals surface area (Å²) < 4.78 is 23.3. The molecule has 1 fully saturated rings. The highest BCUT2D eigenvalue weighted by molar-refractivity contribution is 7.91. The van der Waals surface area contributed by atoms with E-state index in [1.54, 1.807) is 0 Å². The molecule has 0 radical (unpaired) electrons. The number of benzene rings is 1.